The van der Waals surface area contributed by atoms with Crippen molar-refractivity contribution >= 4 is 22.4 Å². The predicted molar refractivity (Wildman–Crippen MR) is 93.7 cm³/mol. The quantitative estimate of drug-likeness (QED) is 0.703. The molecule has 1 aromatic carbocycles. The maximum absolute atomic E-state index is 10.4. The van der Waals surface area contributed by atoms with E-state index in [9.17, 15) is 5.11 Å². The van der Waals surface area contributed by atoms with E-state index >= 15 is 0 Å². The van der Waals surface area contributed by atoms with Crippen LogP contribution in [-0.2, 0) is 0 Å². The van der Waals surface area contributed by atoms with Gasteiger partial charge in [-0.25, -0.2) is 4.98 Å². The van der Waals surface area contributed by atoms with Gasteiger partial charge < -0.3 is 15.0 Å². The number of aliphatic hydroxyl groups is 1. The molecule has 5 nitrogen and oxygen atoms in total. The third-order valence-electron chi connectivity index (χ3n) is 4.52. The lowest BCUT2D eigenvalue weighted by molar-refractivity contribution is 0.292. The van der Waals surface area contributed by atoms with Gasteiger partial charge in [0.1, 0.15) is 17.4 Å². The van der Waals surface area contributed by atoms with E-state index in [2.05, 4.69) is 23.8 Å². The highest BCUT2D eigenvalue weighted by Gasteiger charge is 2.32. The van der Waals surface area contributed by atoms with E-state index in [1.165, 1.54) is 12.8 Å². The van der Waals surface area contributed by atoms with Crippen LogP contribution in [0.15, 0.2) is 30.0 Å². The molecule has 5 heteroatoms. The molecular formula is C18H24N4O. The van der Waals surface area contributed by atoms with E-state index in [0.29, 0.717) is 23.8 Å². The summed E-state index contributed by atoms with van der Waals surface area (Å²) in [5.41, 5.74) is 2.30. The van der Waals surface area contributed by atoms with E-state index in [-0.39, 0.29) is 11.8 Å². The Hall–Kier alpha value is -2.30. The minimum absolute atomic E-state index is 0.233. The molecule has 3 N–H and O–H groups in total. The Labute approximate surface area is 136 Å². The van der Waals surface area contributed by atoms with Gasteiger partial charge in [-0.2, -0.15) is 0 Å². The molecule has 1 atom stereocenters. The molecular weight excluding hydrogens is 288 g/mol. The summed E-state index contributed by atoms with van der Waals surface area (Å²) >= 11 is 0. The van der Waals surface area contributed by atoms with Crippen molar-refractivity contribution in [2.75, 3.05) is 6.54 Å². The lowest BCUT2D eigenvalue weighted by Crippen LogP contribution is -2.35. The number of H-pyrrole nitrogens is 1. The molecule has 0 aliphatic carbocycles. The number of nitrogens with one attached hydrogen (secondary N) is 2. The second-order valence-electron chi connectivity index (χ2n) is 6.25. The van der Waals surface area contributed by atoms with Crippen LogP contribution in [0.5, 0.6) is 0 Å². The molecule has 0 bridgehead atoms. The standard InChI is InChI=1S/C18H24N4O/c1-3-4-5-8-12(2)22-11-15(23)16(17(22)19)18-20-13-9-6-7-10-14(13)21-18/h6-7,9-10,12,19,23H,3-5,8,11H2,1-2H3,(H,20,21)/t12-/m1/s1. The molecule has 0 amide bonds. The van der Waals surface area contributed by atoms with Crippen LogP contribution in [0.25, 0.3) is 16.6 Å². The average Bonchev–Trinajstić information content (AvgIpc) is 3.07. The van der Waals surface area contributed by atoms with Crippen LogP contribution in [0, 0.1) is 5.41 Å². The maximum atomic E-state index is 10.4. The molecule has 1 aliphatic heterocycles. The minimum Gasteiger partial charge on any atom is -0.510 e. The summed E-state index contributed by atoms with van der Waals surface area (Å²) in [7, 11) is 0. The van der Waals surface area contributed by atoms with Crippen molar-refractivity contribution in [3.63, 3.8) is 0 Å². The number of aromatic amines is 1. The lowest BCUT2D eigenvalue weighted by Gasteiger charge is -2.26. The number of fused-ring (bicyclic) bond motifs is 1. The van der Waals surface area contributed by atoms with Crippen molar-refractivity contribution < 1.29 is 5.11 Å². The van der Waals surface area contributed by atoms with E-state index in [4.69, 9.17) is 5.41 Å². The first-order chi connectivity index (χ1) is 11.1. The summed E-state index contributed by atoms with van der Waals surface area (Å²) in [5.74, 6) is 1.18. The molecule has 122 valence electrons. The number of benzene rings is 1. The van der Waals surface area contributed by atoms with Crippen LogP contribution in [0.2, 0.25) is 0 Å². The fraction of sp³-hybridized carbons (Fsp3) is 0.444. The van der Waals surface area contributed by atoms with Gasteiger partial charge in [-0.1, -0.05) is 38.3 Å². The van der Waals surface area contributed by atoms with Gasteiger partial charge in [-0.3, -0.25) is 5.41 Å². The number of imidazole rings is 1. The van der Waals surface area contributed by atoms with Crippen LogP contribution in [0.4, 0.5) is 0 Å². The third-order valence-corrected chi connectivity index (χ3v) is 4.52. The molecule has 0 radical (unpaired) electrons. The van der Waals surface area contributed by atoms with Gasteiger partial charge in [0, 0.05) is 6.04 Å². The molecule has 2 aromatic rings. The zero-order valence-electron chi connectivity index (χ0n) is 13.8. The first-order valence-corrected chi connectivity index (χ1v) is 8.34. The average molecular weight is 312 g/mol. The molecule has 0 unspecified atom stereocenters. The van der Waals surface area contributed by atoms with E-state index in [1.807, 2.05) is 29.2 Å². The van der Waals surface area contributed by atoms with Gasteiger partial charge in [-0.05, 0) is 25.5 Å². The first-order valence-electron chi connectivity index (χ1n) is 8.34. The van der Waals surface area contributed by atoms with Crippen LogP contribution < -0.4 is 0 Å². The van der Waals surface area contributed by atoms with Crippen LogP contribution in [0.1, 0.15) is 45.4 Å². The Morgan fingerprint density at radius 2 is 2.13 bits per heavy atom. The van der Waals surface area contributed by atoms with Gasteiger partial charge in [-0.15, -0.1) is 0 Å². The number of aromatic nitrogens is 2. The Balaban J connectivity index is 1.80. The lowest BCUT2D eigenvalue weighted by atomic mass is 10.1. The number of para-hydroxylation sites is 2. The Bertz CT molecular complexity index is 713. The molecule has 2 heterocycles. The highest BCUT2D eigenvalue weighted by Crippen LogP contribution is 2.29. The van der Waals surface area contributed by atoms with Crippen molar-refractivity contribution in [1.29, 1.82) is 5.41 Å². The number of hydrogen-bond donors (Lipinski definition) is 3. The van der Waals surface area contributed by atoms with Crippen molar-refractivity contribution in [2.45, 2.75) is 45.6 Å². The number of unbranched alkanes of at least 4 members (excludes halogenated alkanes) is 2. The maximum Gasteiger partial charge on any atom is 0.145 e. The van der Waals surface area contributed by atoms with Crippen molar-refractivity contribution in [1.82, 2.24) is 14.9 Å². The van der Waals surface area contributed by atoms with Gasteiger partial charge in [0.25, 0.3) is 0 Å². The monoisotopic (exact) mass is 312 g/mol. The smallest absolute Gasteiger partial charge is 0.145 e. The number of aliphatic hydroxyl groups excluding tert-OH is 1. The molecule has 0 saturated heterocycles. The second-order valence-corrected chi connectivity index (χ2v) is 6.25. The highest BCUT2D eigenvalue weighted by molar-refractivity contribution is 6.23. The van der Waals surface area contributed by atoms with E-state index in [0.717, 1.165) is 23.9 Å². The summed E-state index contributed by atoms with van der Waals surface area (Å²) in [5, 5.41) is 18.8. The molecule has 1 aliphatic rings. The molecule has 23 heavy (non-hydrogen) atoms. The first kappa shape index (κ1) is 15.6. The third kappa shape index (κ3) is 2.96. The molecule has 3 rings (SSSR count). The number of hydrogen-bond acceptors (Lipinski definition) is 3. The highest BCUT2D eigenvalue weighted by atomic mass is 16.3. The molecule has 0 saturated carbocycles. The summed E-state index contributed by atoms with van der Waals surface area (Å²) < 4.78 is 0. The zero-order valence-corrected chi connectivity index (χ0v) is 13.8. The van der Waals surface area contributed by atoms with Crippen LogP contribution in [0.3, 0.4) is 0 Å². The van der Waals surface area contributed by atoms with Crippen LogP contribution >= 0.6 is 0 Å². The minimum atomic E-state index is 0.233. The fourth-order valence-corrected chi connectivity index (χ4v) is 3.14. The Morgan fingerprint density at radius 3 is 2.87 bits per heavy atom. The van der Waals surface area contributed by atoms with Crippen molar-refractivity contribution in [3.8, 4) is 0 Å². The number of rotatable bonds is 6. The summed E-state index contributed by atoms with van der Waals surface area (Å²) in [6.45, 7) is 4.72. The number of amidine groups is 1. The largest absolute Gasteiger partial charge is 0.510 e. The van der Waals surface area contributed by atoms with Gasteiger partial charge in [0.05, 0.1) is 23.2 Å². The molecule has 1 aromatic heterocycles. The van der Waals surface area contributed by atoms with Crippen molar-refractivity contribution in [2.24, 2.45) is 0 Å². The Kier molecular flexibility index (Phi) is 4.37. The molecule has 0 fully saturated rings. The van der Waals surface area contributed by atoms with Gasteiger partial charge in [0.2, 0.25) is 0 Å². The molecule has 0 spiro atoms. The summed E-state index contributed by atoms with van der Waals surface area (Å²) in [6.07, 6.45) is 4.60. The normalized spacial score (nSPS) is 16.6. The number of nitrogens with zero attached hydrogens (tertiary/aromatic N) is 2. The topological polar surface area (TPSA) is 76.0 Å². The van der Waals surface area contributed by atoms with E-state index < -0.39 is 0 Å². The predicted octanol–water partition coefficient (Wildman–Crippen LogP) is 4.09. The Morgan fingerprint density at radius 1 is 1.35 bits per heavy atom. The second kappa shape index (κ2) is 6.44. The summed E-state index contributed by atoms with van der Waals surface area (Å²) in [4.78, 5) is 9.70. The van der Waals surface area contributed by atoms with Crippen molar-refractivity contribution in [3.05, 3.63) is 35.8 Å². The fourth-order valence-electron chi connectivity index (χ4n) is 3.14. The SMILES string of the molecule is CCCCC[C@@H](C)N1CC(O)=C(c2nc3ccccc3[nH]2)C1=N. The van der Waals surface area contributed by atoms with Gasteiger partial charge in [0.15, 0.2) is 0 Å². The van der Waals surface area contributed by atoms with Crippen LogP contribution in [-0.4, -0.2) is 38.4 Å². The van der Waals surface area contributed by atoms with E-state index in [1.54, 1.807) is 0 Å². The van der Waals surface area contributed by atoms with Gasteiger partial charge >= 0.3 is 0 Å². The summed E-state index contributed by atoms with van der Waals surface area (Å²) in [6, 6.07) is 8.01. The zero-order chi connectivity index (χ0) is 16.4.